The number of hydrogen-bond donors (Lipinski definition) is 2. The van der Waals surface area contributed by atoms with Gasteiger partial charge in [0, 0.05) is 47.3 Å². The molecular formula is C26H27ClN4O2. The molecule has 1 aromatic heterocycles. The lowest BCUT2D eigenvalue weighted by molar-refractivity contribution is 0.0348. The van der Waals surface area contributed by atoms with Gasteiger partial charge < -0.3 is 15.8 Å². The molecule has 0 amide bonds. The van der Waals surface area contributed by atoms with Crippen molar-refractivity contribution in [3.63, 3.8) is 0 Å². The van der Waals surface area contributed by atoms with Crippen molar-refractivity contribution in [2.45, 2.75) is 26.5 Å². The van der Waals surface area contributed by atoms with Crippen LogP contribution in [0, 0.1) is 0 Å². The van der Waals surface area contributed by atoms with Crippen molar-refractivity contribution >= 4 is 34.9 Å². The van der Waals surface area contributed by atoms with Gasteiger partial charge >= 0.3 is 0 Å². The average molecular weight is 463 g/mol. The maximum absolute atomic E-state index is 13.9. The summed E-state index contributed by atoms with van der Waals surface area (Å²) in [6.07, 6.45) is 3.73. The van der Waals surface area contributed by atoms with Crippen LogP contribution in [0.25, 0.3) is 22.4 Å². The van der Waals surface area contributed by atoms with Crippen LogP contribution in [0.5, 0.6) is 0 Å². The van der Waals surface area contributed by atoms with Crippen LogP contribution in [-0.4, -0.2) is 30.2 Å². The van der Waals surface area contributed by atoms with E-state index in [1.54, 1.807) is 36.0 Å². The molecule has 0 saturated heterocycles. The van der Waals surface area contributed by atoms with E-state index in [9.17, 15) is 4.79 Å². The van der Waals surface area contributed by atoms with Gasteiger partial charge in [-0.15, -0.1) is 0 Å². The molecule has 0 saturated carbocycles. The molecule has 2 heterocycles. The number of nitrogens with zero attached hydrogens (tertiary/aromatic N) is 2. The lowest BCUT2D eigenvalue weighted by atomic mass is 9.95. The number of anilines is 2. The van der Waals surface area contributed by atoms with E-state index in [1.165, 1.54) is 0 Å². The average Bonchev–Trinajstić information content (AvgIpc) is 2.76. The van der Waals surface area contributed by atoms with Crippen molar-refractivity contribution in [1.82, 2.24) is 4.57 Å². The number of hydrogen-bond acceptors (Lipinski definition) is 5. The monoisotopic (exact) mass is 462 g/mol. The molecule has 3 aromatic rings. The highest BCUT2D eigenvalue weighted by molar-refractivity contribution is 6.30. The number of allylic oxidation sites excluding steroid dienone is 1. The molecule has 4 rings (SSSR count). The molecule has 0 fully saturated rings. The first-order valence-corrected chi connectivity index (χ1v) is 11.1. The molecule has 6 nitrogen and oxygen atoms in total. The zero-order valence-electron chi connectivity index (χ0n) is 19.1. The second kappa shape index (κ2) is 8.89. The highest BCUT2D eigenvalue weighted by atomic mass is 35.5. The lowest BCUT2D eigenvalue weighted by Crippen LogP contribution is -2.41. The third-order valence-corrected chi connectivity index (χ3v) is 5.93. The Morgan fingerprint density at radius 1 is 1.18 bits per heavy atom. The number of ether oxygens (including phenoxy) is 1. The van der Waals surface area contributed by atoms with Crippen molar-refractivity contribution < 1.29 is 4.74 Å². The molecule has 0 spiro atoms. The van der Waals surface area contributed by atoms with Gasteiger partial charge in [-0.3, -0.25) is 14.4 Å². The Kier molecular flexibility index (Phi) is 6.15. The molecule has 170 valence electrons. The van der Waals surface area contributed by atoms with E-state index in [4.69, 9.17) is 22.1 Å². The topological polar surface area (TPSA) is 81.6 Å². The fourth-order valence-electron chi connectivity index (χ4n) is 4.22. The van der Waals surface area contributed by atoms with Gasteiger partial charge in [0.05, 0.1) is 5.69 Å². The Bertz CT molecular complexity index is 1330. The molecule has 1 atom stereocenters. The molecular weight excluding hydrogens is 436 g/mol. The first kappa shape index (κ1) is 22.8. The molecule has 3 N–H and O–H groups in total. The number of pyridine rings is 1. The van der Waals surface area contributed by atoms with Gasteiger partial charge in [0.15, 0.2) is 5.72 Å². The largest absolute Gasteiger partial charge is 0.398 e. The van der Waals surface area contributed by atoms with E-state index in [1.807, 2.05) is 57.2 Å². The first-order chi connectivity index (χ1) is 15.8. The Hall–Kier alpha value is -3.35. The highest BCUT2D eigenvalue weighted by Crippen LogP contribution is 2.37. The van der Waals surface area contributed by atoms with Gasteiger partial charge in [0.25, 0.3) is 5.56 Å². The van der Waals surface area contributed by atoms with Crippen molar-refractivity contribution in [3.8, 4) is 16.8 Å². The fraction of sp³-hybridized carbons (Fsp3) is 0.231. The quantitative estimate of drug-likeness (QED) is 0.394. The summed E-state index contributed by atoms with van der Waals surface area (Å²) < 4.78 is 7.64. The molecule has 2 aromatic carbocycles. The van der Waals surface area contributed by atoms with Gasteiger partial charge in [-0.2, -0.15) is 0 Å². The molecule has 1 aliphatic rings. The molecule has 0 aliphatic carbocycles. The van der Waals surface area contributed by atoms with E-state index in [-0.39, 0.29) is 5.56 Å². The normalized spacial score (nSPS) is 17.5. The zero-order chi connectivity index (χ0) is 23.8. The molecule has 0 unspecified atom stereocenters. The van der Waals surface area contributed by atoms with Crippen LogP contribution in [0.15, 0.2) is 64.4 Å². The third-order valence-electron chi connectivity index (χ3n) is 5.68. The zero-order valence-corrected chi connectivity index (χ0v) is 19.9. The standard InChI is InChI=1S/C26H27ClN4O2/c1-5-33-26(3)14-16(2)21-13-22(17-6-11-23(28)18(12-17)15-29-4)25(32)31(24(21)30-26)20-9-7-19(27)8-10-20/h6-15,30H,5,28H2,1-4H3/t26-/m0/s1. The SMILES string of the molecule is CCO[C@@]1(C)C=C(C)c2cc(-c3ccc(N)c(C=NC)c3)c(=O)n(-c3ccc(Cl)cc3)c2N1. The molecule has 33 heavy (non-hydrogen) atoms. The minimum absolute atomic E-state index is 0.165. The van der Waals surface area contributed by atoms with Crippen molar-refractivity contribution in [2.24, 2.45) is 4.99 Å². The summed E-state index contributed by atoms with van der Waals surface area (Å²) in [5.74, 6) is 0.674. The van der Waals surface area contributed by atoms with E-state index in [0.717, 1.165) is 22.3 Å². The Labute approximate surface area is 198 Å². The van der Waals surface area contributed by atoms with E-state index in [0.29, 0.717) is 34.4 Å². The van der Waals surface area contributed by atoms with Crippen LogP contribution in [-0.2, 0) is 4.74 Å². The summed E-state index contributed by atoms with van der Waals surface area (Å²) in [6.45, 7) is 6.44. The number of nitrogens with two attached hydrogens (primary N) is 1. The predicted molar refractivity (Wildman–Crippen MR) is 138 cm³/mol. The molecule has 0 radical (unpaired) electrons. The Morgan fingerprint density at radius 2 is 1.91 bits per heavy atom. The van der Waals surface area contributed by atoms with Crippen molar-refractivity contribution in [2.75, 3.05) is 24.7 Å². The number of benzene rings is 2. The third kappa shape index (κ3) is 4.32. The van der Waals surface area contributed by atoms with Crippen molar-refractivity contribution in [3.05, 3.63) is 81.1 Å². The van der Waals surface area contributed by atoms with Crippen LogP contribution in [0.1, 0.15) is 31.9 Å². The number of aromatic nitrogens is 1. The van der Waals surface area contributed by atoms with Gasteiger partial charge in [-0.05, 0) is 80.4 Å². The fourth-order valence-corrected chi connectivity index (χ4v) is 4.34. The van der Waals surface area contributed by atoms with Gasteiger partial charge in [0.2, 0.25) is 0 Å². The maximum Gasteiger partial charge on any atom is 0.264 e. The van der Waals surface area contributed by atoms with Crippen molar-refractivity contribution in [1.29, 1.82) is 0 Å². The summed E-state index contributed by atoms with van der Waals surface area (Å²) in [5, 5.41) is 4.04. The Balaban J connectivity index is 2.02. The molecule has 7 heteroatoms. The van der Waals surface area contributed by atoms with E-state index >= 15 is 0 Å². The second-order valence-corrected chi connectivity index (χ2v) is 8.60. The number of aliphatic imine (C=N–C) groups is 1. The number of nitrogen functional groups attached to an aromatic ring is 1. The van der Waals surface area contributed by atoms with Crippen LogP contribution in [0.4, 0.5) is 11.5 Å². The number of halogens is 1. The summed E-state index contributed by atoms with van der Waals surface area (Å²) in [6, 6.07) is 14.7. The minimum atomic E-state index is -0.736. The highest BCUT2D eigenvalue weighted by Gasteiger charge is 2.31. The number of nitrogens with one attached hydrogen (secondary N) is 1. The van der Waals surface area contributed by atoms with Gasteiger partial charge in [-0.1, -0.05) is 17.7 Å². The van der Waals surface area contributed by atoms with Crippen LogP contribution in [0.3, 0.4) is 0 Å². The smallest absolute Gasteiger partial charge is 0.264 e. The summed E-state index contributed by atoms with van der Waals surface area (Å²) in [4.78, 5) is 18.0. The van der Waals surface area contributed by atoms with Crippen LogP contribution in [0.2, 0.25) is 5.02 Å². The van der Waals surface area contributed by atoms with Gasteiger partial charge in [-0.25, -0.2) is 0 Å². The summed E-state index contributed by atoms with van der Waals surface area (Å²) in [7, 11) is 1.69. The van der Waals surface area contributed by atoms with Crippen LogP contribution >= 0.6 is 11.6 Å². The molecule has 1 aliphatic heterocycles. The van der Waals surface area contributed by atoms with Gasteiger partial charge in [0.1, 0.15) is 5.82 Å². The minimum Gasteiger partial charge on any atom is -0.398 e. The number of rotatable bonds is 5. The predicted octanol–water partition coefficient (Wildman–Crippen LogP) is 5.37. The second-order valence-electron chi connectivity index (χ2n) is 8.16. The lowest BCUT2D eigenvalue weighted by Gasteiger charge is -2.36. The first-order valence-electron chi connectivity index (χ1n) is 10.8. The summed E-state index contributed by atoms with van der Waals surface area (Å²) in [5.41, 5.74) is 10.5. The van der Waals surface area contributed by atoms with E-state index < -0.39 is 5.72 Å². The maximum atomic E-state index is 13.9. The summed E-state index contributed by atoms with van der Waals surface area (Å²) >= 11 is 6.12. The Morgan fingerprint density at radius 3 is 2.58 bits per heavy atom. The number of fused-ring (bicyclic) bond motifs is 1. The molecule has 0 bridgehead atoms. The van der Waals surface area contributed by atoms with E-state index in [2.05, 4.69) is 10.3 Å². The van der Waals surface area contributed by atoms with Crippen LogP contribution < -0.4 is 16.6 Å².